The van der Waals surface area contributed by atoms with Gasteiger partial charge in [-0.1, -0.05) is 53.7 Å². The van der Waals surface area contributed by atoms with Gasteiger partial charge in [-0.05, 0) is 68.2 Å². The number of rotatable bonds is 11. The number of unbranched alkanes of at least 4 members (excludes halogenated alkanes) is 1. The molecule has 2 aromatic heterocycles. The van der Waals surface area contributed by atoms with E-state index in [1.54, 1.807) is 34.9 Å². The number of aryl methyl sites for hydroxylation is 1. The minimum absolute atomic E-state index is 0.00456. The predicted octanol–water partition coefficient (Wildman–Crippen LogP) is 6.28. The van der Waals surface area contributed by atoms with Gasteiger partial charge in [-0.15, -0.1) is 10.2 Å². The van der Waals surface area contributed by atoms with E-state index in [-0.39, 0.29) is 23.5 Å². The molecule has 0 N–H and O–H groups in total. The molecule has 11 nitrogen and oxygen atoms in total. The zero-order chi connectivity index (χ0) is 33.6. The highest BCUT2D eigenvalue weighted by molar-refractivity contribution is 7.99. The number of hydrogen-bond donors (Lipinski definition) is 0. The minimum Gasteiger partial charge on any atom is -0.339 e. The van der Waals surface area contributed by atoms with E-state index < -0.39 is 4.92 Å². The SMILES string of the molecule is Cc1ccc2c(c1)c1nnc(SCCCCC(=O)N3CCN(C(=O)/C=C/c4ccc([N+](=O)[O-])cc4)C(C)C3)nc1n2Cc1ccccc1. The molecule has 0 aliphatic carbocycles. The topological polar surface area (TPSA) is 127 Å². The van der Waals surface area contributed by atoms with Crippen molar-refractivity contribution in [1.29, 1.82) is 0 Å². The number of non-ortho nitro benzene ring substituents is 1. The molecule has 12 heteroatoms. The maximum absolute atomic E-state index is 13.0. The Morgan fingerprint density at radius 2 is 1.81 bits per heavy atom. The summed E-state index contributed by atoms with van der Waals surface area (Å²) >= 11 is 1.56. The summed E-state index contributed by atoms with van der Waals surface area (Å²) in [7, 11) is 0. The van der Waals surface area contributed by atoms with E-state index >= 15 is 0 Å². The predicted molar refractivity (Wildman–Crippen MR) is 188 cm³/mol. The third kappa shape index (κ3) is 7.54. The lowest BCUT2D eigenvalue weighted by atomic mass is 10.1. The molecule has 48 heavy (non-hydrogen) atoms. The molecule has 6 rings (SSSR count). The fraction of sp³-hybridized carbons (Fsp3) is 0.306. The molecule has 246 valence electrons. The van der Waals surface area contributed by atoms with Crippen LogP contribution in [-0.4, -0.2) is 77.7 Å². The molecule has 0 saturated carbocycles. The number of carbonyl (C=O) groups excluding carboxylic acids is 2. The van der Waals surface area contributed by atoms with Gasteiger partial charge in [0.05, 0.1) is 10.4 Å². The van der Waals surface area contributed by atoms with Crippen molar-refractivity contribution in [2.75, 3.05) is 25.4 Å². The number of carbonyl (C=O) groups is 2. The molecule has 0 radical (unpaired) electrons. The second-order valence-electron chi connectivity index (χ2n) is 12.1. The zero-order valence-corrected chi connectivity index (χ0v) is 27.8. The van der Waals surface area contributed by atoms with Gasteiger partial charge in [0, 0.05) is 68.0 Å². The molecule has 5 aromatic rings. The summed E-state index contributed by atoms with van der Waals surface area (Å²) in [6, 6.07) is 22.6. The second kappa shape index (κ2) is 14.8. The van der Waals surface area contributed by atoms with Crippen molar-refractivity contribution in [2.45, 2.75) is 50.9 Å². The molecule has 2 amide bonds. The molecule has 1 aliphatic heterocycles. The van der Waals surface area contributed by atoms with Crippen LogP contribution in [-0.2, 0) is 16.1 Å². The maximum Gasteiger partial charge on any atom is 0.269 e. The minimum atomic E-state index is -0.456. The van der Waals surface area contributed by atoms with Crippen LogP contribution in [0.3, 0.4) is 0 Å². The standard InChI is InChI=1S/C36H37N7O4S/c1-25-11-17-31-30(22-25)34-35(42(31)24-28-8-4-3-5-9-28)37-36(39-38-34)48-21-7-6-10-32(44)40-19-20-41(26(2)23-40)33(45)18-14-27-12-15-29(16-13-27)43(46)47/h3-5,8-9,11-18,22,26H,6-7,10,19-21,23-24H2,1-2H3/b18-14+. The second-order valence-corrected chi connectivity index (χ2v) is 13.1. The van der Waals surface area contributed by atoms with E-state index in [9.17, 15) is 19.7 Å². The number of nitro groups is 1. The van der Waals surface area contributed by atoms with Crippen molar-refractivity contribution in [2.24, 2.45) is 0 Å². The van der Waals surface area contributed by atoms with Crippen molar-refractivity contribution in [1.82, 2.24) is 29.5 Å². The number of nitrogens with zero attached hydrogens (tertiary/aromatic N) is 7. The quantitative estimate of drug-likeness (QED) is 0.0531. The van der Waals surface area contributed by atoms with Gasteiger partial charge in [0.15, 0.2) is 5.65 Å². The van der Waals surface area contributed by atoms with Crippen LogP contribution in [0.25, 0.3) is 28.1 Å². The Labute approximate surface area is 282 Å². The highest BCUT2D eigenvalue weighted by Crippen LogP contribution is 2.29. The van der Waals surface area contributed by atoms with Gasteiger partial charge in [-0.25, -0.2) is 4.98 Å². The Kier molecular flexibility index (Phi) is 10.1. The highest BCUT2D eigenvalue weighted by Gasteiger charge is 2.28. The van der Waals surface area contributed by atoms with E-state index in [0.717, 1.165) is 46.2 Å². The molecule has 0 spiro atoms. The largest absolute Gasteiger partial charge is 0.339 e. The number of fused-ring (bicyclic) bond motifs is 3. The van der Waals surface area contributed by atoms with Gasteiger partial charge in [0.25, 0.3) is 5.69 Å². The zero-order valence-electron chi connectivity index (χ0n) is 27.0. The van der Waals surface area contributed by atoms with E-state index in [1.807, 2.05) is 30.0 Å². The van der Waals surface area contributed by atoms with E-state index in [4.69, 9.17) is 4.98 Å². The normalized spacial score (nSPS) is 15.1. The summed E-state index contributed by atoms with van der Waals surface area (Å²) < 4.78 is 2.21. The average molecular weight is 664 g/mol. The molecule has 1 fully saturated rings. The Morgan fingerprint density at radius 1 is 1.02 bits per heavy atom. The van der Waals surface area contributed by atoms with Crippen molar-refractivity contribution in [3.05, 3.63) is 106 Å². The Balaban J connectivity index is 0.986. The first-order chi connectivity index (χ1) is 23.3. The lowest BCUT2D eigenvalue weighted by Gasteiger charge is -2.39. The van der Waals surface area contributed by atoms with E-state index in [0.29, 0.717) is 43.3 Å². The number of hydrogen-bond acceptors (Lipinski definition) is 8. The van der Waals surface area contributed by atoms with Gasteiger partial charge in [-0.2, -0.15) is 0 Å². The molecule has 1 saturated heterocycles. The van der Waals surface area contributed by atoms with Gasteiger partial charge in [-0.3, -0.25) is 19.7 Å². The van der Waals surface area contributed by atoms with Crippen LogP contribution in [0, 0.1) is 17.0 Å². The average Bonchev–Trinajstić information content (AvgIpc) is 3.38. The fourth-order valence-electron chi connectivity index (χ4n) is 6.02. The number of aromatic nitrogens is 4. The summed E-state index contributed by atoms with van der Waals surface area (Å²) in [6.45, 7) is 6.14. The number of benzene rings is 3. The first-order valence-electron chi connectivity index (χ1n) is 16.1. The highest BCUT2D eigenvalue weighted by atomic mass is 32.2. The van der Waals surface area contributed by atoms with E-state index in [1.165, 1.54) is 23.8 Å². The number of piperazine rings is 1. The first-order valence-corrected chi connectivity index (χ1v) is 17.1. The van der Waals surface area contributed by atoms with E-state index in [2.05, 4.69) is 52.0 Å². The third-order valence-corrected chi connectivity index (χ3v) is 9.51. The smallest absolute Gasteiger partial charge is 0.269 e. The molecular weight excluding hydrogens is 627 g/mol. The van der Waals surface area contributed by atoms with Crippen LogP contribution < -0.4 is 0 Å². The lowest BCUT2D eigenvalue weighted by molar-refractivity contribution is -0.384. The summed E-state index contributed by atoms with van der Waals surface area (Å²) in [5, 5.41) is 21.6. The molecule has 0 bridgehead atoms. The molecule has 3 heterocycles. The van der Waals surface area contributed by atoms with Crippen molar-refractivity contribution >= 4 is 57.4 Å². The first kappa shape index (κ1) is 32.8. The third-order valence-electron chi connectivity index (χ3n) is 8.59. The van der Waals surface area contributed by atoms with Gasteiger partial charge >= 0.3 is 0 Å². The molecule has 1 aliphatic rings. The summed E-state index contributed by atoms with van der Waals surface area (Å²) in [5.41, 5.74) is 5.77. The van der Waals surface area contributed by atoms with Crippen LogP contribution in [0.4, 0.5) is 5.69 Å². The Bertz CT molecular complexity index is 1980. The summed E-state index contributed by atoms with van der Waals surface area (Å²) in [6.07, 6.45) is 5.17. The Morgan fingerprint density at radius 3 is 2.56 bits per heavy atom. The fourth-order valence-corrected chi connectivity index (χ4v) is 6.80. The van der Waals surface area contributed by atoms with Gasteiger partial charge in [0.2, 0.25) is 17.0 Å². The molecule has 1 unspecified atom stereocenters. The van der Waals surface area contributed by atoms with Crippen molar-refractivity contribution < 1.29 is 14.5 Å². The van der Waals surface area contributed by atoms with Crippen LogP contribution in [0.2, 0.25) is 0 Å². The van der Waals surface area contributed by atoms with Crippen LogP contribution >= 0.6 is 11.8 Å². The van der Waals surface area contributed by atoms with Gasteiger partial charge < -0.3 is 14.4 Å². The van der Waals surface area contributed by atoms with Gasteiger partial charge in [0.1, 0.15) is 5.52 Å². The number of nitro benzene ring substituents is 1. The molecular formula is C36H37N7O4S. The van der Waals surface area contributed by atoms with Crippen LogP contribution in [0.1, 0.15) is 42.9 Å². The van der Waals surface area contributed by atoms with Crippen molar-refractivity contribution in [3.8, 4) is 0 Å². The van der Waals surface area contributed by atoms with Crippen molar-refractivity contribution in [3.63, 3.8) is 0 Å². The summed E-state index contributed by atoms with van der Waals surface area (Å²) in [4.78, 5) is 44.8. The van der Waals surface area contributed by atoms with Crippen LogP contribution in [0.5, 0.6) is 0 Å². The monoisotopic (exact) mass is 663 g/mol. The molecule has 3 aromatic carbocycles. The van der Waals surface area contributed by atoms with Crippen LogP contribution in [0.15, 0.2) is 84.0 Å². The number of amides is 2. The lowest BCUT2D eigenvalue weighted by Crippen LogP contribution is -2.55. The molecule has 1 atom stereocenters. The number of thioether (sulfide) groups is 1. The maximum atomic E-state index is 13.0. The Hall–Kier alpha value is -5.10. The summed E-state index contributed by atoms with van der Waals surface area (Å²) in [5.74, 6) is 0.731.